The lowest BCUT2D eigenvalue weighted by molar-refractivity contribution is -0.117. The summed E-state index contributed by atoms with van der Waals surface area (Å²) in [6.07, 6.45) is 1.28. The molecule has 1 aromatic heterocycles. The number of anilines is 2. The minimum absolute atomic E-state index is 0.163. The molecular weight excluding hydrogens is 236 g/mol. The van der Waals surface area contributed by atoms with Crippen molar-refractivity contribution in [2.45, 2.75) is 0 Å². The average molecular weight is 248 g/mol. The molecule has 6 N–H and O–H groups in total. The van der Waals surface area contributed by atoms with Gasteiger partial charge in [-0.1, -0.05) is 0 Å². The van der Waals surface area contributed by atoms with Gasteiger partial charge in [-0.25, -0.2) is 4.98 Å². The molecule has 0 aliphatic heterocycles. The fourth-order valence-electron chi connectivity index (χ4n) is 1.38. The van der Waals surface area contributed by atoms with Crippen molar-refractivity contribution in [1.82, 2.24) is 4.98 Å². The second-order valence-electron chi connectivity index (χ2n) is 3.54. The van der Waals surface area contributed by atoms with Gasteiger partial charge in [0.05, 0.1) is 24.3 Å². The average Bonchev–Trinajstić information content (AvgIpc) is 2.26. The van der Waals surface area contributed by atoms with Gasteiger partial charge in [0.25, 0.3) is 0 Å². The third kappa shape index (κ3) is 3.34. The third-order valence-electron chi connectivity index (χ3n) is 2.02. The Hall–Kier alpha value is -2.82. The van der Waals surface area contributed by atoms with Gasteiger partial charge in [0.2, 0.25) is 11.8 Å². The third-order valence-corrected chi connectivity index (χ3v) is 2.02. The molecule has 2 amide bonds. The van der Waals surface area contributed by atoms with E-state index in [0.29, 0.717) is 0 Å². The number of nitrogen functional groups attached to an aromatic ring is 1. The van der Waals surface area contributed by atoms with Gasteiger partial charge in [0.15, 0.2) is 5.82 Å². The summed E-state index contributed by atoms with van der Waals surface area (Å²) < 4.78 is 0. The number of hydrogen-bond donors (Lipinski definition) is 3. The van der Waals surface area contributed by atoms with Gasteiger partial charge in [0.1, 0.15) is 6.07 Å². The topological polar surface area (TPSA) is 152 Å². The molecule has 1 rings (SSSR count). The van der Waals surface area contributed by atoms with Crippen LogP contribution in [0.25, 0.3) is 0 Å². The molecule has 0 saturated heterocycles. The Kier molecular flexibility index (Phi) is 4.04. The maximum atomic E-state index is 10.9. The number of pyridine rings is 1. The van der Waals surface area contributed by atoms with Crippen molar-refractivity contribution >= 4 is 23.3 Å². The lowest BCUT2D eigenvalue weighted by Gasteiger charge is -2.21. The second kappa shape index (κ2) is 5.49. The molecular formula is C10H12N6O2. The molecule has 94 valence electrons. The molecule has 8 nitrogen and oxygen atoms in total. The highest BCUT2D eigenvalue weighted by Gasteiger charge is 2.16. The van der Waals surface area contributed by atoms with Crippen LogP contribution in [0.2, 0.25) is 0 Å². The smallest absolute Gasteiger partial charge is 0.237 e. The molecule has 0 spiro atoms. The molecule has 1 heterocycles. The summed E-state index contributed by atoms with van der Waals surface area (Å²) in [5.74, 6) is -1.12. The molecule has 0 radical (unpaired) electrons. The number of nitrogens with zero attached hydrogens (tertiary/aromatic N) is 3. The minimum Gasteiger partial charge on any atom is -0.396 e. The number of rotatable bonds is 5. The van der Waals surface area contributed by atoms with Crippen LogP contribution in [-0.2, 0) is 9.59 Å². The number of nitrogens with two attached hydrogens (primary N) is 3. The summed E-state index contributed by atoms with van der Waals surface area (Å²) in [7, 11) is 0. The summed E-state index contributed by atoms with van der Waals surface area (Å²) >= 11 is 0. The largest absolute Gasteiger partial charge is 0.396 e. The molecule has 0 unspecified atom stereocenters. The van der Waals surface area contributed by atoms with Crippen LogP contribution in [0.15, 0.2) is 12.3 Å². The Morgan fingerprint density at radius 3 is 2.28 bits per heavy atom. The number of amides is 2. The van der Waals surface area contributed by atoms with Crippen LogP contribution >= 0.6 is 0 Å². The first-order chi connectivity index (χ1) is 8.43. The Balaban J connectivity index is 3.08. The van der Waals surface area contributed by atoms with E-state index in [-0.39, 0.29) is 30.2 Å². The van der Waals surface area contributed by atoms with E-state index in [1.807, 2.05) is 6.07 Å². The highest BCUT2D eigenvalue weighted by Crippen LogP contribution is 2.20. The first-order valence-electron chi connectivity index (χ1n) is 4.91. The highest BCUT2D eigenvalue weighted by molar-refractivity contribution is 5.86. The zero-order valence-corrected chi connectivity index (χ0v) is 9.46. The van der Waals surface area contributed by atoms with Crippen molar-refractivity contribution < 1.29 is 9.59 Å². The maximum absolute atomic E-state index is 10.9. The molecule has 18 heavy (non-hydrogen) atoms. The number of hydrogen-bond acceptors (Lipinski definition) is 6. The Bertz CT molecular complexity index is 506. The van der Waals surface area contributed by atoms with Crippen molar-refractivity contribution in [3.63, 3.8) is 0 Å². The van der Waals surface area contributed by atoms with Crippen molar-refractivity contribution in [2.75, 3.05) is 23.7 Å². The van der Waals surface area contributed by atoms with E-state index in [2.05, 4.69) is 4.98 Å². The molecule has 0 fully saturated rings. The van der Waals surface area contributed by atoms with E-state index < -0.39 is 11.8 Å². The van der Waals surface area contributed by atoms with E-state index in [9.17, 15) is 9.59 Å². The Labute approximate surface area is 103 Å². The first kappa shape index (κ1) is 13.2. The lowest BCUT2D eigenvalue weighted by Crippen LogP contribution is -2.40. The molecule has 0 saturated carbocycles. The standard InChI is InChI=1S/C10H12N6O2/c11-2-6-1-7(12)10(15-3-6)16(4-8(13)17)5-9(14)18/h1,3H,4-5,12H2,(H2,13,17)(H2,14,18). The van der Waals surface area contributed by atoms with Gasteiger partial charge >= 0.3 is 0 Å². The van der Waals surface area contributed by atoms with Crippen molar-refractivity contribution in [1.29, 1.82) is 5.26 Å². The van der Waals surface area contributed by atoms with Crippen molar-refractivity contribution in [2.24, 2.45) is 11.5 Å². The van der Waals surface area contributed by atoms with Crippen LogP contribution in [0, 0.1) is 11.3 Å². The van der Waals surface area contributed by atoms with Crippen LogP contribution in [0.1, 0.15) is 5.56 Å². The molecule has 0 aliphatic carbocycles. The van der Waals surface area contributed by atoms with Crippen LogP contribution < -0.4 is 22.1 Å². The number of carbonyl (C=O) groups is 2. The van der Waals surface area contributed by atoms with Gasteiger partial charge in [-0.2, -0.15) is 5.26 Å². The van der Waals surface area contributed by atoms with Gasteiger partial charge in [0, 0.05) is 6.20 Å². The van der Waals surface area contributed by atoms with Crippen molar-refractivity contribution in [3.05, 3.63) is 17.8 Å². The highest BCUT2D eigenvalue weighted by atomic mass is 16.2. The van der Waals surface area contributed by atoms with E-state index in [1.54, 1.807) is 0 Å². The Morgan fingerprint density at radius 1 is 1.33 bits per heavy atom. The SMILES string of the molecule is N#Cc1cnc(N(CC(N)=O)CC(N)=O)c(N)c1. The Morgan fingerprint density at radius 2 is 1.89 bits per heavy atom. The van der Waals surface area contributed by atoms with Crippen LogP contribution in [0.3, 0.4) is 0 Å². The molecule has 0 bridgehead atoms. The van der Waals surface area contributed by atoms with Crippen LogP contribution in [-0.4, -0.2) is 29.9 Å². The number of aromatic nitrogens is 1. The molecule has 0 aliphatic rings. The molecule has 0 atom stereocenters. The lowest BCUT2D eigenvalue weighted by atomic mass is 10.2. The van der Waals surface area contributed by atoms with Gasteiger partial charge < -0.3 is 22.1 Å². The van der Waals surface area contributed by atoms with Crippen molar-refractivity contribution in [3.8, 4) is 6.07 Å². The fourth-order valence-corrected chi connectivity index (χ4v) is 1.38. The monoisotopic (exact) mass is 248 g/mol. The van der Waals surface area contributed by atoms with E-state index in [0.717, 1.165) is 0 Å². The van der Waals surface area contributed by atoms with E-state index in [4.69, 9.17) is 22.5 Å². The van der Waals surface area contributed by atoms with Crippen LogP contribution in [0.4, 0.5) is 11.5 Å². The summed E-state index contributed by atoms with van der Waals surface area (Å²) in [5.41, 5.74) is 16.2. The van der Waals surface area contributed by atoms with Gasteiger partial charge in [-0.05, 0) is 6.07 Å². The maximum Gasteiger partial charge on any atom is 0.237 e. The molecule has 1 aromatic rings. The summed E-state index contributed by atoms with van der Waals surface area (Å²) in [4.78, 5) is 27.0. The molecule has 8 heteroatoms. The molecule has 0 aromatic carbocycles. The van der Waals surface area contributed by atoms with E-state index >= 15 is 0 Å². The zero-order chi connectivity index (χ0) is 13.7. The normalized spacial score (nSPS) is 9.50. The van der Waals surface area contributed by atoms with Gasteiger partial charge in [-0.15, -0.1) is 0 Å². The first-order valence-corrected chi connectivity index (χ1v) is 4.91. The zero-order valence-electron chi connectivity index (χ0n) is 9.46. The second-order valence-corrected chi connectivity index (χ2v) is 3.54. The predicted molar refractivity (Wildman–Crippen MR) is 64.0 cm³/mol. The summed E-state index contributed by atoms with van der Waals surface area (Å²) in [6, 6.07) is 3.26. The quantitative estimate of drug-likeness (QED) is 0.565. The summed E-state index contributed by atoms with van der Waals surface area (Å²) in [6.45, 7) is -0.488. The number of carbonyl (C=O) groups excluding carboxylic acids is 2. The van der Waals surface area contributed by atoms with Crippen LogP contribution in [0.5, 0.6) is 0 Å². The van der Waals surface area contributed by atoms with Gasteiger partial charge in [-0.3, -0.25) is 9.59 Å². The minimum atomic E-state index is -0.651. The number of nitriles is 1. The van der Waals surface area contributed by atoms with E-state index in [1.165, 1.54) is 17.2 Å². The number of primary amides is 2. The summed E-state index contributed by atoms with van der Waals surface area (Å²) in [5, 5.41) is 8.67. The predicted octanol–water partition coefficient (Wildman–Crippen LogP) is -1.69. The fraction of sp³-hybridized carbons (Fsp3) is 0.200.